The van der Waals surface area contributed by atoms with Crippen LogP contribution in [0.2, 0.25) is 0 Å². The number of rotatable bonds is 2. The van der Waals surface area contributed by atoms with Crippen molar-refractivity contribution in [1.82, 2.24) is 10.2 Å². The Bertz CT molecular complexity index is 405. The predicted octanol–water partition coefficient (Wildman–Crippen LogP) is 2.25. The molecule has 1 atom stereocenters. The fourth-order valence-corrected chi connectivity index (χ4v) is 5.05. The Labute approximate surface area is 137 Å². The van der Waals surface area contributed by atoms with Crippen molar-refractivity contribution in [1.29, 1.82) is 0 Å². The maximum Gasteiger partial charge on any atom is 0.317 e. The van der Waals surface area contributed by atoms with Gasteiger partial charge in [-0.3, -0.25) is 0 Å². The van der Waals surface area contributed by atoms with Gasteiger partial charge in [0.25, 0.3) is 0 Å². The minimum Gasteiger partial charge on any atom is -0.381 e. The first kappa shape index (κ1) is 16.4. The quantitative estimate of drug-likeness (QED) is 0.845. The second kappa shape index (κ2) is 6.57. The molecule has 0 aromatic heterocycles. The molecule has 22 heavy (non-hydrogen) atoms. The number of nitrogens with zero attached hydrogens (tertiary/aromatic N) is 1. The maximum absolute atomic E-state index is 12.5. The molecule has 0 aromatic carbocycles. The average Bonchev–Trinajstić information content (AvgIpc) is 2.85. The van der Waals surface area contributed by atoms with Crippen molar-refractivity contribution in [2.75, 3.05) is 38.6 Å². The van der Waals surface area contributed by atoms with Crippen LogP contribution in [0.3, 0.4) is 0 Å². The van der Waals surface area contributed by atoms with Crippen molar-refractivity contribution in [2.45, 2.75) is 56.0 Å². The van der Waals surface area contributed by atoms with Crippen LogP contribution >= 0.6 is 11.8 Å². The summed E-state index contributed by atoms with van der Waals surface area (Å²) in [6.45, 7) is 8.21. The fourth-order valence-electron chi connectivity index (χ4n) is 3.60. The molecule has 3 saturated heterocycles. The van der Waals surface area contributed by atoms with E-state index in [1.54, 1.807) is 0 Å². The average molecular weight is 328 g/mol. The largest absolute Gasteiger partial charge is 0.381 e. The molecule has 5 nitrogen and oxygen atoms in total. The van der Waals surface area contributed by atoms with Gasteiger partial charge < -0.3 is 19.7 Å². The van der Waals surface area contributed by atoms with E-state index in [-0.39, 0.29) is 22.5 Å². The molecule has 1 spiro atoms. The summed E-state index contributed by atoms with van der Waals surface area (Å²) in [6.07, 6.45) is 4.37. The van der Waals surface area contributed by atoms with E-state index in [0.717, 1.165) is 57.7 Å². The van der Waals surface area contributed by atoms with E-state index >= 15 is 0 Å². The molecule has 3 aliphatic rings. The first-order valence-electron chi connectivity index (χ1n) is 8.40. The molecule has 2 amide bonds. The zero-order valence-electron chi connectivity index (χ0n) is 13.7. The van der Waals surface area contributed by atoms with E-state index < -0.39 is 0 Å². The summed E-state index contributed by atoms with van der Waals surface area (Å²) in [7, 11) is 0. The smallest absolute Gasteiger partial charge is 0.317 e. The standard InChI is InChI=1S/C16H28N2O3S/c1-15(2)4-3-13(21-15)11-17-14(19)18-7-10-22-16(12-18)5-8-20-9-6-16/h13H,3-12H2,1-2H3,(H,17,19). The lowest BCUT2D eigenvalue weighted by atomic mass is 9.98. The molecule has 0 aromatic rings. The number of thioether (sulfide) groups is 1. The third-order valence-corrected chi connectivity index (χ3v) is 6.51. The Balaban J connectivity index is 1.47. The van der Waals surface area contributed by atoms with Crippen LogP contribution in [-0.4, -0.2) is 66.0 Å². The summed E-state index contributed by atoms with van der Waals surface area (Å²) in [4.78, 5) is 14.4. The van der Waals surface area contributed by atoms with Crippen LogP contribution in [0, 0.1) is 0 Å². The lowest BCUT2D eigenvalue weighted by Gasteiger charge is -2.44. The van der Waals surface area contributed by atoms with Gasteiger partial charge in [0, 0.05) is 43.3 Å². The molecule has 1 N–H and O–H groups in total. The lowest BCUT2D eigenvalue weighted by molar-refractivity contribution is -0.0136. The minimum absolute atomic E-state index is 0.0384. The highest BCUT2D eigenvalue weighted by atomic mass is 32.2. The first-order valence-corrected chi connectivity index (χ1v) is 9.39. The normalized spacial score (nSPS) is 30.5. The van der Waals surface area contributed by atoms with Gasteiger partial charge in [-0.05, 0) is 39.5 Å². The van der Waals surface area contributed by atoms with Crippen molar-refractivity contribution >= 4 is 17.8 Å². The van der Waals surface area contributed by atoms with Crippen LogP contribution in [-0.2, 0) is 9.47 Å². The van der Waals surface area contributed by atoms with E-state index in [9.17, 15) is 4.79 Å². The van der Waals surface area contributed by atoms with Crippen molar-refractivity contribution < 1.29 is 14.3 Å². The van der Waals surface area contributed by atoms with E-state index in [1.165, 1.54) is 0 Å². The van der Waals surface area contributed by atoms with E-state index in [1.807, 2.05) is 16.7 Å². The minimum atomic E-state index is -0.0384. The Morgan fingerprint density at radius 2 is 2.09 bits per heavy atom. The highest BCUT2D eigenvalue weighted by Crippen LogP contribution is 2.39. The lowest BCUT2D eigenvalue weighted by Crippen LogP contribution is -2.54. The van der Waals surface area contributed by atoms with Crippen molar-refractivity contribution in [3.63, 3.8) is 0 Å². The molecule has 6 heteroatoms. The highest BCUT2D eigenvalue weighted by molar-refractivity contribution is 8.00. The SMILES string of the molecule is CC1(C)CCC(CNC(=O)N2CCSC3(CCOCC3)C2)O1. The fraction of sp³-hybridized carbons (Fsp3) is 0.938. The van der Waals surface area contributed by atoms with Gasteiger partial charge in [0.1, 0.15) is 0 Å². The van der Waals surface area contributed by atoms with Crippen molar-refractivity contribution in [2.24, 2.45) is 0 Å². The second-order valence-corrected chi connectivity index (χ2v) is 8.85. The molecule has 3 fully saturated rings. The van der Waals surface area contributed by atoms with Crippen LogP contribution in [0.15, 0.2) is 0 Å². The third-order valence-electron chi connectivity index (χ3n) is 4.97. The highest BCUT2D eigenvalue weighted by Gasteiger charge is 2.39. The topological polar surface area (TPSA) is 50.8 Å². The van der Waals surface area contributed by atoms with E-state index in [0.29, 0.717) is 6.54 Å². The molecule has 0 radical (unpaired) electrons. The Morgan fingerprint density at radius 1 is 1.32 bits per heavy atom. The van der Waals surface area contributed by atoms with Gasteiger partial charge >= 0.3 is 6.03 Å². The van der Waals surface area contributed by atoms with E-state index in [2.05, 4.69) is 19.2 Å². The second-order valence-electron chi connectivity index (χ2n) is 7.29. The molecular weight excluding hydrogens is 300 g/mol. The number of amides is 2. The van der Waals surface area contributed by atoms with Gasteiger partial charge in [-0.2, -0.15) is 11.8 Å². The summed E-state index contributed by atoms with van der Waals surface area (Å²) >= 11 is 2.02. The molecule has 0 saturated carbocycles. The molecule has 0 aliphatic carbocycles. The maximum atomic E-state index is 12.5. The van der Waals surface area contributed by atoms with Gasteiger partial charge in [-0.25, -0.2) is 4.79 Å². The molecule has 1 unspecified atom stereocenters. The Kier molecular flexibility index (Phi) is 4.90. The van der Waals surface area contributed by atoms with Gasteiger partial charge in [0.05, 0.1) is 11.7 Å². The summed E-state index contributed by atoms with van der Waals surface area (Å²) < 4.78 is 11.6. The van der Waals surface area contributed by atoms with Gasteiger partial charge in [-0.1, -0.05) is 0 Å². The van der Waals surface area contributed by atoms with Gasteiger partial charge in [0.15, 0.2) is 0 Å². The predicted molar refractivity (Wildman–Crippen MR) is 88.4 cm³/mol. The number of urea groups is 1. The Hall–Kier alpha value is -0.460. The number of hydrogen-bond donors (Lipinski definition) is 1. The number of hydrogen-bond acceptors (Lipinski definition) is 4. The number of ether oxygens (including phenoxy) is 2. The monoisotopic (exact) mass is 328 g/mol. The van der Waals surface area contributed by atoms with Crippen molar-refractivity contribution in [3.05, 3.63) is 0 Å². The summed E-state index contributed by atoms with van der Waals surface area (Å²) in [5, 5.41) is 3.08. The van der Waals surface area contributed by atoms with Crippen LogP contribution in [0.4, 0.5) is 4.79 Å². The molecule has 3 aliphatic heterocycles. The summed E-state index contributed by atoms with van der Waals surface area (Å²) in [6, 6.07) is 0.0690. The zero-order valence-corrected chi connectivity index (χ0v) is 14.5. The first-order chi connectivity index (χ1) is 10.5. The summed E-state index contributed by atoms with van der Waals surface area (Å²) in [5.41, 5.74) is -0.0384. The molecule has 126 valence electrons. The van der Waals surface area contributed by atoms with E-state index in [4.69, 9.17) is 9.47 Å². The number of nitrogens with one attached hydrogen (secondary N) is 1. The van der Waals surface area contributed by atoms with Crippen LogP contribution < -0.4 is 5.32 Å². The zero-order chi connectivity index (χ0) is 15.6. The van der Waals surface area contributed by atoms with Crippen LogP contribution in [0.25, 0.3) is 0 Å². The molecule has 3 rings (SSSR count). The van der Waals surface area contributed by atoms with Gasteiger partial charge in [-0.15, -0.1) is 0 Å². The van der Waals surface area contributed by atoms with Crippen LogP contribution in [0.1, 0.15) is 39.5 Å². The van der Waals surface area contributed by atoms with Crippen LogP contribution in [0.5, 0.6) is 0 Å². The molecular formula is C16H28N2O3S. The molecule has 0 bridgehead atoms. The van der Waals surface area contributed by atoms with Crippen molar-refractivity contribution in [3.8, 4) is 0 Å². The third kappa shape index (κ3) is 3.89. The number of carbonyl (C=O) groups excluding carboxylic acids is 1. The molecule has 3 heterocycles. The van der Waals surface area contributed by atoms with Gasteiger partial charge in [0.2, 0.25) is 0 Å². The number of carbonyl (C=O) groups is 1. The Morgan fingerprint density at radius 3 is 2.77 bits per heavy atom. The summed E-state index contributed by atoms with van der Waals surface area (Å²) in [5.74, 6) is 1.03.